The van der Waals surface area contributed by atoms with Gasteiger partial charge in [-0.2, -0.15) is 18.3 Å². The van der Waals surface area contributed by atoms with E-state index in [0.29, 0.717) is 28.9 Å². The molecule has 5 nitrogen and oxygen atoms in total. The number of aryl methyl sites for hydroxylation is 1. The van der Waals surface area contributed by atoms with Gasteiger partial charge in [0.1, 0.15) is 11.9 Å². The molecule has 0 aliphatic carbocycles. The smallest absolute Gasteiger partial charge is 0.416 e. The fraction of sp³-hybridized carbons (Fsp3) is 0.500. The summed E-state index contributed by atoms with van der Waals surface area (Å²) in [5, 5.41) is 29.1. The summed E-state index contributed by atoms with van der Waals surface area (Å²) < 4.78 is 38.4. The monoisotopic (exact) mass is 393 g/mol. The van der Waals surface area contributed by atoms with Crippen molar-refractivity contribution < 1.29 is 23.4 Å². The lowest BCUT2D eigenvalue weighted by atomic mass is 9.75. The number of phenolic OH excluding ortho intramolecular Hbond substituents is 1. The number of aromatic hydroxyl groups is 1. The van der Waals surface area contributed by atoms with Crippen LogP contribution in [-0.2, 0) is 6.18 Å². The molecule has 5 rings (SSSR count). The molecule has 2 bridgehead atoms. The number of alkyl halides is 3. The molecule has 3 fully saturated rings. The maximum Gasteiger partial charge on any atom is 0.416 e. The standard InChI is InChI=1S/C20H22F3N3O2/c1-11-8-16(19(28)15-10-26-6-4-12(15)5-7-26)24-25-18(11)14-3-2-13(9-17(14)27)20(21,22)23/h2-3,8-9,12,15,19,27-28H,4-7,10H2,1H3/t15?,19-/m0/s1. The molecule has 28 heavy (non-hydrogen) atoms. The molecule has 0 amide bonds. The highest BCUT2D eigenvalue weighted by Crippen LogP contribution is 2.40. The Labute approximate surface area is 160 Å². The summed E-state index contributed by atoms with van der Waals surface area (Å²) in [6, 6.07) is 4.50. The minimum absolute atomic E-state index is 0.113. The molecule has 0 spiro atoms. The number of rotatable bonds is 3. The Balaban J connectivity index is 1.60. The van der Waals surface area contributed by atoms with Gasteiger partial charge in [-0.3, -0.25) is 0 Å². The molecule has 3 saturated heterocycles. The van der Waals surface area contributed by atoms with Crippen LogP contribution in [0.15, 0.2) is 24.3 Å². The van der Waals surface area contributed by atoms with Crippen LogP contribution in [0.2, 0.25) is 0 Å². The summed E-state index contributed by atoms with van der Waals surface area (Å²) in [6.45, 7) is 4.73. The Morgan fingerprint density at radius 2 is 1.86 bits per heavy atom. The van der Waals surface area contributed by atoms with Gasteiger partial charge in [-0.15, -0.1) is 5.10 Å². The molecule has 4 heterocycles. The first kappa shape index (κ1) is 19.1. The number of aromatic nitrogens is 2. The van der Waals surface area contributed by atoms with E-state index >= 15 is 0 Å². The van der Waals surface area contributed by atoms with Gasteiger partial charge in [0, 0.05) is 18.0 Å². The number of hydrogen-bond donors (Lipinski definition) is 2. The summed E-state index contributed by atoms with van der Waals surface area (Å²) in [5.74, 6) is 0.0835. The molecule has 150 valence electrons. The van der Waals surface area contributed by atoms with Crippen LogP contribution in [0, 0.1) is 18.8 Å². The van der Waals surface area contributed by atoms with Crippen molar-refractivity contribution >= 4 is 0 Å². The first-order valence-electron chi connectivity index (χ1n) is 9.39. The Kier molecular flexibility index (Phi) is 4.79. The summed E-state index contributed by atoms with van der Waals surface area (Å²) in [7, 11) is 0. The van der Waals surface area contributed by atoms with Crippen molar-refractivity contribution in [1.29, 1.82) is 0 Å². The van der Waals surface area contributed by atoms with Crippen molar-refractivity contribution in [3.8, 4) is 17.0 Å². The Morgan fingerprint density at radius 3 is 2.39 bits per heavy atom. The third kappa shape index (κ3) is 3.46. The number of aliphatic hydroxyl groups excluding tert-OH is 1. The van der Waals surface area contributed by atoms with Crippen LogP contribution >= 0.6 is 0 Å². The van der Waals surface area contributed by atoms with E-state index in [2.05, 4.69) is 15.1 Å². The second-order valence-electron chi connectivity index (χ2n) is 7.78. The predicted octanol–water partition coefficient (Wildman–Crippen LogP) is 3.55. The molecular weight excluding hydrogens is 371 g/mol. The molecule has 2 N–H and O–H groups in total. The Hall–Kier alpha value is -2.19. The van der Waals surface area contributed by atoms with Gasteiger partial charge in [-0.1, -0.05) is 0 Å². The third-order valence-corrected chi connectivity index (χ3v) is 6.00. The molecule has 0 radical (unpaired) electrons. The van der Waals surface area contributed by atoms with Gasteiger partial charge in [-0.25, -0.2) is 0 Å². The number of halogens is 3. The Bertz CT molecular complexity index is 879. The molecular formula is C20H22F3N3O2. The molecule has 1 aromatic carbocycles. The van der Waals surface area contributed by atoms with Gasteiger partial charge in [0.2, 0.25) is 0 Å². The maximum absolute atomic E-state index is 12.8. The average molecular weight is 393 g/mol. The number of piperidine rings is 3. The lowest BCUT2D eigenvalue weighted by molar-refractivity contribution is -0.137. The number of benzene rings is 1. The first-order valence-corrected chi connectivity index (χ1v) is 9.39. The van der Waals surface area contributed by atoms with Crippen molar-refractivity contribution in [3.63, 3.8) is 0 Å². The van der Waals surface area contributed by atoms with Crippen molar-refractivity contribution in [2.45, 2.75) is 32.0 Å². The SMILES string of the molecule is Cc1cc([C@@H](O)C2CN3CCC2CC3)nnc1-c1ccc(C(F)(F)F)cc1O. The van der Waals surface area contributed by atoms with Crippen LogP contribution in [0.4, 0.5) is 13.2 Å². The number of aliphatic hydroxyl groups is 1. The summed E-state index contributed by atoms with van der Waals surface area (Å²) >= 11 is 0. The normalized spacial score (nSPS) is 25.7. The summed E-state index contributed by atoms with van der Waals surface area (Å²) in [4.78, 5) is 2.35. The molecule has 1 unspecified atom stereocenters. The van der Waals surface area contributed by atoms with E-state index in [-0.39, 0.29) is 11.5 Å². The molecule has 8 heteroatoms. The van der Waals surface area contributed by atoms with E-state index in [1.807, 2.05) is 0 Å². The molecule has 1 aromatic heterocycles. The zero-order valence-corrected chi connectivity index (χ0v) is 15.4. The Morgan fingerprint density at radius 1 is 1.14 bits per heavy atom. The fourth-order valence-corrected chi connectivity index (χ4v) is 4.41. The highest BCUT2D eigenvalue weighted by molar-refractivity contribution is 5.69. The van der Waals surface area contributed by atoms with Gasteiger partial charge >= 0.3 is 6.18 Å². The lowest BCUT2D eigenvalue weighted by Crippen LogP contribution is -2.49. The molecule has 3 aliphatic rings. The van der Waals surface area contributed by atoms with Crippen LogP contribution in [-0.4, -0.2) is 44.9 Å². The van der Waals surface area contributed by atoms with Crippen molar-refractivity contribution in [2.24, 2.45) is 11.8 Å². The quantitative estimate of drug-likeness (QED) is 0.835. The van der Waals surface area contributed by atoms with Crippen molar-refractivity contribution in [2.75, 3.05) is 19.6 Å². The summed E-state index contributed by atoms with van der Waals surface area (Å²) in [6.07, 6.45) is -3.10. The fourth-order valence-electron chi connectivity index (χ4n) is 4.41. The topological polar surface area (TPSA) is 69.5 Å². The third-order valence-electron chi connectivity index (χ3n) is 6.00. The minimum atomic E-state index is -4.53. The summed E-state index contributed by atoms with van der Waals surface area (Å²) in [5.41, 5.74) is 0.665. The molecule has 2 atom stereocenters. The van der Waals surface area contributed by atoms with Crippen LogP contribution in [0.5, 0.6) is 5.75 Å². The van der Waals surface area contributed by atoms with Crippen LogP contribution in [0.3, 0.4) is 0 Å². The van der Waals surface area contributed by atoms with Gasteiger partial charge in [0.25, 0.3) is 0 Å². The zero-order valence-electron chi connectivity index (χ0n) is 15.4. The second-order valence-corrected chi connectivity index (χ2v) is 7.78. The highest BCUT2D eigenvalue weighted by Gasteiger charge is 2.39. The zero-order chi connectivity index (χ0) is 20.1. The number of phenols is 1. The first-order chi connectivity index (χ1) is 13.2. The van der Waals surface area contributed by atoms with E-state index in [1.165, 1.54) is 6.07 Å². The van der Waals surface area contributed by atoms with Gasteiger partial charge in [0.05, 0.1) is 17.0 Å². The van der Waals surface area contributed by atoms with Crippen LogP contribution in [0.1, 0.15) is 35.8 Å². The molecule has 0 saturated carbocycles. The largest absolute Gasteiger partial charge is 0.507 e. The minimum Gasteiger partial charge on any atom is -0.507 e. The van der Waals surface area contributed by atoms with E-state index < -0.39 is 23.6 Å². The molecule has 3 aliphatic heterocycles. The van der Waals surface area contributed by atoms with Crippen LogP contribution in [0.25, 0.3) is 11.3 Å². The average Bonchev–Trinajstić information content (AvgIpc) is 2.68. The van der Waals surface area contributed by atoms with Crippen molar-refractivity contribution in [1.82, 2.24) is 15.1 Å². The maximum atomic E-state index is 12.8. The number of fused-ring (bicyclic) bond motifs is 3. The van der Waals surface area contributed by atoms with Crippen LogP contribution < -0.4 is 0 Å². The number of nitrogens with zero attached hydrogens (tertiary/aromatic N) is 3. The molecule has 2 aromatic rings. The van der Waals surface area contributed by atoms with Gasteiger partial charge in [0.15, 0.2) is 0 Å². The van der Waals surface area contributed by atoms with E-state index in [0.717, 1.165) is 38.5 Å². The highest BCUT2D eigenvalue weighted by atomic mass is 19.4. The second kappa shape index (κ2) is 7.00. The lowest BCUT2D eigenvalue weighted by Gasteiger charge is -2.46. The van der Waals surface area contributed by atoms with Gasteiger partial charge < -0.3 is 15.1 Å². The van der Waals surface area contributed by atoms with Gasteiger partial charge in [-0.05, 0) is 68.6 Å². The number of hydrogen-bond acceptors (Lipinski definition) is 5. The van der Waals surface area contributed by atoms with Crippen molar-refractivity contribution in [3.05, 3.63) is 41.1 Å². The van der Waals surface area contributed by atoms with E-state index in [4.69, 9.17) is 0 Å². The van der Waals surface area contributed by atoms with E-state index in [9.17, 15) is 23.4 Å². The van der Waals surface area contributed by atoms with E-state index in [1.54, 1.807) is 13.0 Å². The predicted molar refractivity (Wildman–Crippen MR) is 96.5 cm³/mol.